The van der Waals surface area contributed by atoms with Crippen LogP contribution in [0.25, 0.3) is 10.2 Å². The molecule has 0 saturated carbocycles. The zero-order chi connectivity index (χ0) is 7.84. The first-order valence-corrected chi connectivity index (χ1v) is 4.52. The van der Waals surface area contributed by atoms with Gasteiger partial charge < -0.3 is 0 Å². The van der Waals surface area contributed by atoms with Crippen LogP contribution in [-0.4, -0.2) is 4.98 Å². The highest BCUT2D eigenvalue weighted by atomic mass is 35.5. The Morgan fingerprint density at radius 1 is 1.45 bits per heavy atom. The van der Waals surface area contributed by atoms with Crippen molar-refractivity contribution >= 4 is 33.2 Å². The molecule has 0 atom stereocenters. The Balaban J connectivity index is 2.86. The topological polar surface area (TPSA) is 12.9 Å². The monoisotopic (exact) mass is 183 g/mol. The summed E-state index contributed by atoms with van der Waals surface area (Å²) in [7, 11) is 0. The van der Waals surface area contributed by atoms with Gasteiger partial charge >= 0.3 is 0 Å². The van der Waals surface area contributed by atoms with E-state index < -0.39 is 0 Å². The Labute approximate surface area is 73.6 Å². The van der Waals surface area contributed by atoms with Crippen molar-refractivity contribution in [2.45, 2.75) is 6.92 Å². The molecule has 0 spiro atoms. The van der Waals surface area contributed by atoms with Gasteiger partial charge in [0.15, 0.2) is 0 Å². The van der Waals surface area contributed by atoms with Gasteiger partial charge in [0.05, 0.1) is 15.7 Å². The van der Waals surface area contributed by atoms with E-state index in [0.717, 1.165) is 16.1 Å². The predicted molar refractivity (Wildman–Crippen MR) is 49.4 cm³/mol. The molecule has 0 fully saturated rings. The second-order valence-corrected chi connectivity index (χ2v) is 3.72. The van der Waals surface area contributed by atoms with E-state index in [1.807, 2.05) is 18.5 Å². The molecule has 11 heavy (non-hydrogen) atoms. The Morgan fingerprint density at radius 2 is 2.27 bits per heavy atom. The van der Waals surface area contributed by atoms with Crippen LogP contribution in [0.4, 0.5) is 0 Å². The highest BCUT2D eigenvalue weighted by Gasteiger charge is 1.99. The van der Waals surface area contributed by atoms with Gasteiger partial charge in [-0.05, 0) is 24.6 Å². The zero-order valence-corrected chi connectivity index (χ0v) is 7.54. The van der Waals surface area contributed by atoms with Gasteiger partial charge in [0.1, 0.15) is 0 Å². The summed E-state index contributed by atoms with van der Waals surface area (Å²) in [6.07, 6.45) is 0. The van der Waals surface area contributed by atoms with E-state index in [1.54, 1.807) is 11.3 Å². The molecule has 0 aliphatic heterocycles. The summed E-state index contributed by atoms with van der Waals surface area (Å²) in [5, 5.41) is 0.795. The molecule has 1 heterocycles. The van der Waals surface area contributed by atoms with Crippen molar-refractivity contribution in [2.24, 2.45) is 0 Å². The van der Waals surface area contributed by atoms with Crippen molar-refractivity contribution in [1.29, 1.82) is 0 Å². The second-order valence-electron chi connectivity index (χ2n) is 2.42. The number of fused-ring (bicyclic) bond motifs is 1. The third-order valence-electron chi connectivity index (χ3n) is 1.61. The number of rotatable bonds is 0. The van der Waals surface area contributed by atoms with Crippen LogP contribution in [0.2, 0.25) is 5.02 Å². The van der Waals surface area contributed by atoms with Crippen molar-refractivity contribution in [2.75, 3.05) is 0 Å². The average Bonchev–Trinajstić information content (AvgIpc) is 2.36. The normalized spacial score (nSPS) is 10.7. The molecule has 0 saturated heterocycles. The molecule has 3 heteroatoms. The number of thiazole rings is 1. The molecule has 0 aliphatic carbocycles. The lowest BCUT2D eigenvalue weighted by Crippen LogP contribution is -1.73. The van der Waals surface area contributed by atoms with Crippen LogP contribution < -0.4 is 0 Å². The Bertz CT molecular complexity index is 358. The summed E-state index contributed by atoms with van der Waals surface area (Å²) >= 11 is 7.55. The molecule has 0 radical (unpaired) electrons. The van der Waals surface area contributed by atoms with Crippen molar-refractivity contribution in [1.82, 2.24) is 4.98 Å². The Morgan fingerprint density at radius 3 is 3.09 bits per heavy atom. The molecule has 2 aromatic rings. The quantitative estimate of drug-likeness (QED) is 0.611. The van der Waals surface area contributed by atoms with E-state index >= 15 is 0 Å². The fraction of sp³-hybridized carbons (Fsp3) is 0.125. The number of nitrogens with zero attached hydrogens (tertiary/aromatic N) is 1. The Hall–Kier alpha value is -0.600. The summed E-state index contributed by atoms with van der Waals surface area (Å²) in [4.78, 5) is 4.15. The highest BCUT2D eigenvalue weighted by Crippen LogP contribution is 2.24. The molecule has 56 valence electrons. The van der Waals surface area contributed by atoms with Gasteiger partial charge in [-0.1, -0.05) is 11.6 Å². The summed E-state index contributed by atoms with van der Waals surface area (Å²) in [6, 6.07) is 3.97. The van der Waals surface area contributed by atoms with E-state index in [1.165, 1.54) is 4.70 Å². The minimum Gasteiger partial charge on any atom is -0.245 e. The maximum atomic E-state index is 5.91. The SMILES string of the molecule is Cc1cc2scnc2cc1Cl. The number of hydrogen-bond donors (Lipinski definition) is 0. The number of halogens is 1. The van der Waals surface area contributed by atoms with Crippen molar-refractivity contribution in [3.8, 4) is 0 Å². The molecule has 1 aromatic carbocycles. The lowest BCUT2D eigenvalue weighted by Gasteiger charge is -1.94. The molecular formula is C8H6ClNS. The lowest BCUT2D eigenvalue weighted by molar-refractivity contribution is 1.46. The van der Waals surface area contributed by atoms with Crippen LogP contribution in [0.1, 0.15) is 5.56 Å². The standard InChI is InChI=1S/C8H6ClNS/c1-5-2-8-7(3-6(5)9)10-4-11-8/h2-4H,1H3. The van der Waals surface area contributed by atoms with E-state index in [-0.39, 0.29) is 0 Å². The zero-order valence-electron chi connectivity index (χ0n) is 5.97. The molecule has 1 nitrogen and oxygen atoms in total. The van der Waals surface area contributed by atoms with Crippen molar-refractivity contribution < 1.29 is 0 Å². The van der Waals surface area contributed by atoms with Gasteiger partial charge in [-0.25, -0.2) is 4.98 Å². The van der Waals surface area contributed by atoms with Gasteiger partial charge in [-0.2, -0.15) is 0 Å². The predicted octanol–water partition coefficient (Wildman–Crippen LogP) is 3.26. The number of hydrogen-bond acceptors (Lipinski definition) is 2. The molecule has 0 aliphatic rings. The first-order valence-electron chi connectivity index (χ1n) is 3.27. The highest BCUT2D eigenvalue weighted by molar-refractivity contribution is 7.16. The van der Waals surface area contributed by atoms with E-state index in [2.05, 4.69) is 11.1 Å². The molecule has 1 aromatic heterocycles. The number of aromatic nitrogens is 1. The smallest absolute Gasteiger partial charge is 0.0827 e. The summed E-state index contributed by atoms with van der Waals surface area (Å²) < 4.78 is 1.20. The number of benzene rings is 1. The fourth-order valence-electron chi connectivity index (χ4n) is 0.980. The summed E-state index contributed by atoms with van der Waals surface area (Å²) in [6.45, 7) is 2.00. The third kappa shape index (κ3) is 1.12. The lowest BCUT2D eigenvalue weighted by atomic mass is 10.2. The maximum Gasteiger partial charge on any atom is 0.0827 e. The van der Waals surface area contributed by atoms with Crippen LogP contribution in [0.15, 0.2) is 17.6 Å². The van der Waals surface area contributed by atoms with Crippen LogP contribution >= 0.6 is 22.9 Å². The van der Waals surface area contributed by atoms with Crippen molar-refractivity contribution in [3.05, 3.63) is 28.2 Å². The first-order chi connectivity index (χ1) is 5.27. The minimum atomic E-state index is 0.795. The van der Waals surface area contributed by atoms with Gasteiger partial charge in [-0.3, -0.25) is 0 Å². The van der Waals surface area contributed by atoms with Gasteiger partial charge in [0.2, 0.25) is 0 Å². The van der Waals surface area contributed by atoms with Gasteiger partial charge in [-0.15, -0.1) is 11.3 Å². The van der Waals surface area contributed by atoms with Gasteiger partial charge in [0.25, 0.3) is 0 Å². The van der Waals surface area contributed by atoms with Crippen LogP contribution in [-0.2, 0) is 0 Å². The Kier molecular flexibility index (Phi) is 1.59. The largest absolute Gasteiger partial charge is 0.245 e. The summed E-state index contributed by atoms with van der Waals surface area (Å²) in [5.74, 6) is 0. The van der Waals surface area contributed by atoms with Crippen LogP contribution in [0.3, 0.4) is 0 Å². The molecule has 2 rings (SSSR count). The molecular weight excluding hydrogens is 178 g/mol. The van der Waals surface area contributed by atoms with E-state index in [0.29, 0.717) is 0 Å². The maximum absolute atomic E-state index is 5.91. The van der Waals surface area contributed by atoms with Crippen molar-refractivity contribution in [3.63, 3.8) is 0 Å². The average molecular weight is 184 g/mol. The third-order valence-corrected chi connectivity index (χ3v) is 2.81. The second kappa shape index (κ2) is 2.47. The van der Waals surface area contributed by atoms with E-state index in [9.17, 15) is 0 Å². The van der Waals surface area contributed by atoms with Crippen LogP contribution in [0.5, 0.6) is 0 Å². The molecule has 0 bridgehead atoms. The van der Waals surface area contributed by atoms with Crippen LogP contribution in [0, 0.1) is 6.92 Å². The molecule has 0 N–H and O–H groups in total. The number of aryl methyl sites for hydroxylation is 1. The molecule has 0 unspecified atom stereocenters. The molecule has 0 amide bonds. The fourth-order valence-corrected chi connectivity index (χ4v) is 1.89. The van der Waals surface area contributed by atoms with E-state index in [4.69, 9.17) is 11.6 Å². The van der Waals surface area contributed by atoms with Gasteiger partial charge in [0, 0.05) is 5.02 Å². The summed E-state index contributed by atoms with van der Waals surface area (Å²) in [5.41, 5.74) is 3.94. The minimum absolute atomic E-state index is 0.795. The first kappa shape index (κ1) is 7.07.